The predicted molar refractivity (Wildman–Crippen MR) is 148 cm³/mol. The van der Waals surface area contributed by atoms with Gasteiger partial charge in [-0.3, -0.25) is 9.78 Å². The average molecular weight is 523 g/mol. The highest BCUT2D eigenvalue weighted by Crippen LogP contribution is 2.39. The minimum absolute atomic E-state index is 0.0247. The monoisotopic (exact) mass is 522 g/mol. The van der Waals surface area contributed by atoms with Gasteiger partial charge in [0.25, 0.3) is 5.91 Å². The second-order valence-electron chi connectivity index (χ2n) is 9.96. The molecule has 10 nitrogen and oxygen atoms in total. The van der Waals surface area contributed by atoms with Gasteiger partial charge in [0, 0.05) is 48.9 Å². The van der Waals surface area contributed by atoms with Crippen LogP contribution >= 0.6 is 0 Å². The molecule has 6 rings (SSSR count). The fraction of sp³-hybridized carbons (Fsp3) is 0.276. The van der Waals surface area contributed by atoms with Gasteiger partial charge < -0.3 is 24.1 Å². The summed E-state index contributed by atoms with van der Waals surface area (Å²) in [6, 6.07) is 11.3. The number of ether oxygens (including phenoxy) is 1. The number of amides is 1. The van der Waals surface area contributed by atoms with Gasteiger partial charge in [-0.05, 0) is 56.2 Å². The smallest absolute Gasteiger partial charge is 0.272 e. The van der Waals surface area contributed by atoms with Gasteiger partial charge in [-0.2, -0.15) is 0 Å². The Morgan fingerprint density at radius 1 is 1.21 bits per heavy atom. The number of imidazole rings is 1. The second-order valence-corrected chi connectivity index (χ2v) is 9.96. The molecular formula is C29H30N8O2. The number of allylic oxidation sites excluding steroid dienone is 2. The van der Waals surface area contributed by atoms with E-state index in [-0.39, 0.29) is 11.9 Å². The van der Waals surface area contributed by atoms with E-state index < -0.39 is 0 Å². The summed E-state index contributed by atoms with van der Waals surface area (Å²) in [5.41, 5.74) is 4.18. The third-order valence-electron chi connectivity index (χ3n) is 6.95. The largest absolute Gasteiger partial charge is 0.490 e. The van der Waals surface area contributed by atoms with E-state index in [1.807, 2.05) is 76.8 Å². The lowest BCUT2D eigenvalue weighted by Gasteiger charge is -2.25. The van der Waals surface area contributed by atoms with Crippen molar-refractivity contribution in [2.75, 3.05) is 25.5 Å². The number of nitrogens with one attached hydrogen (secondary N) is 1. The lowest BCUT2D eigenvalue weighted by atomic mass is 10.1. The van der Waals surface area contributed by atoms with E-state index >= 15 is 0 Å². The fourth-order valence-corrected chi connectivity index (χ4v) is 4.56. The van der Waals surface area contributed by atoms with Crippen LogP contribution in [-0.4, -0.2) is 60.3 Å². The minimum Gasteiger partial charge on any atom is -0.490 e. The molecule has 0 bridgehead atoms. The van der Waals surface area contributed by atoms with Crippen LogP contribution in [0, 0.1) is 0 Å². The molecule has 1 aromatic carbocycles. The van der Waals surface area contributed by atoms with E-state index in [0.717, 1.165) is 17.0 Å². The van der Waals surface area contributed by atoms with E-state index in [1.165, 1.54) is 12.8 Å². The van der Waals surface area contributed by atoms with Crippen LogP contribution < -0.4 is 10.1 Å². The van der Waals surface area contributed by atoms with Crippen molar-refractivity contribution in [3.63, 3.8) is 0 Å². The zero-order valence-electron chi connectivity index (χ0n) is 21.9. The van der Waals surface area contributed by atoms with Crippen molar-refractivity contribution in [1.82, 2.24) is 34.2 Å². The number of carbonyl (C=O) groups is 1. The third-order valence-corrected chi connectivity index (χ3v) is 6.95. The van der Waals surface area contributed by atoms with Crippen molar-refractivity contribution in [2.24, 2.45) is 0 Å². The number of anilines is 1. The molecule has 198 valence electrons. The van der Waals surface area contributed by atoms with Crippen LogP contribution in [0.5, 0.6) is 5.75 Å². The van der Waals surface area contributed by atoms with Gasteiger partial charge in [-0.1, -0.05) is 12.1 Å². The van der Waals surface area contributed by atoms with Crippen molar-refractivity contribution < 1.29 is 9.53 Å². The molecule has 1 aliphatic heterocycles. The van der Waals surface area contributed by atoms with Gasteiger partial charge in [0.15, 0.2) is 5.82 Å². The van der Waals surface area contributed by atoms with Crippen molar-refractivity contribution in [2.45, 2.75) is 31.7 Å². The van der Waals surface area contributed by atoms with E-state index in [9.17, 15) is 4.79 Å². The molecule has 1 fully saturated rings. The van der Waals surface area contributed by atoms with E-state index in [2.05, 4.69) is 37.8 Å². The number of carbonyl (C=O) groups excluding carboxylic acids is 1. The third kappa shape index (κ3) is 5.45. The molecule has 0 radical (unpaired) electrons. The highest BCUT2D eigenvalue weighted by Gasteiger charge is 2.26. The number of rotatable bonds is 9. The Hall–Kier alpha value is -4.73. The Kier molecular flexibility index (Phi) is 6.66. The summed E-state index contributed by atoms with van der Waals surface area (Å²) in [5.74, 6) is 1.81. The Bertz CT molecular complexity index is 1530. The summed E-state index contributed by atoms with van der Waals surface area (Å²) in [6.45, 7) is 3.11. The maximum Gasteiger partial charge on any atom is 0.272 e. The van der Waals surface area contributed by atoms with Gasteiger partial charge in [0.1, 0.15) is 24.4 Å². The Morgan fingerprint density at radius 3 is 2.92 bits per heavy atom. The molecule has 1 amide bonds. The molecule has 0 spiro atoms. The lowest BCUT2D eigenvalue weighted by molar-refractivity contribution is -0.114. The van der Waals surface area contributed by atoms with E-state index in [4.69, 9.17) is 4.74 Å². The first kappa shape index (κ1) is 24.6. The summed E-state index contributed by atoms with van der Waals surface area (Å²) in [5, 5.41) is 11.5. The number of hydrogen-bond acceptors (Lipinski definition) is 7. The van der Waals surface area contributed by atoms with Crippen LogP contribution in [0.4, 0.5) is 5.69 Å². The topological polar surface area (TPSA) is 103 Å². The van der Waals surface area contributed by atoms with Crippen molar-refractivity contribution in [3.8, 4) is 17.1 Å². The van der Waals surface area contributed by atoms with Crippen LogP contribution in [0.1, 0.15) is 37.4 Å². The summed E-state index contributed by atoms with van der Waals surface area (Å²) in [4.78, 5) is 23.9. The standard InChI is InChI=1S/C29H30N8O2/c1-20(17-39-25-7-4-11-30-15-25)37-19-32-34-28(37)22-5-3-6-23(13-22)33-29(38)27-14-24(10-12-35(27)2)36-16-26(31-18-36)21-8-9-21/h3-7,10-11,13-16,18-21H,8-9,12,17H2,1-2H3,(H,33,38). The van der Waals surface area contributed by atoms with Crippen LogP contribution in [0.15, 0.2) is 85.5 Å². The molecular weight excluding hydrogens is 492 g/mol. The first-order valence-electron chi connectivity index (χ1n) is 13.1. The average Bonchev–Trinajstić information content (AvgIpc) is 3.47. The molecule has 4 heterocycles. The number of pyridine rings is 1. The summed E-state index contributed by atoms with van der Waals surface area (Å²) in [7, 11) is 1.91. The minimum atomic E-state index is -0.178. The molecule has 1 N–H and O–H groups in total. The highest BCUT2D eigenvalue weighted by atomic mass is 16.5. The maximum atomic E-state index is 13.3. The highest BCUT2D eigenvalue weighted by molar-refractivity contribution is 6.05. The van der Waals surface area contributed by atoms with Gasteiger partial charge in [-0.15, -0.1) is 10.2 Å². The Morgan fingerprint density at radius 2 is 2.10 bits per heavy atom. The van der Waals surface area contributed by atoms with Gasteiger partial charge in [0.2, 0.25) is 0 Å². The van der Waals surface area contributed by atoms with Crippen LogP contribution in [-0.2, 0) is 4.79 Å². The number of likely N-dealkylation sites (N-methyl/N-ethyl adjacent to an activating group) is 1. The van der Waals surface area contributed by atoms with E-state index in [0.29, 0.717) is 42.0 Å². The zero-order chi connectivity index (χ0) is 26.8. The predicted octanol–water partition coefficient (Wildman–Crippen LogP) is 4.36. The van der Waals surface area contributed by atoms with Crippen molar-refractivity contribution in [1.29, 1.82) is 0 Å². The number of benzene rings is 1. The molecule has 3 aromatic heterocycles. The number of hydrogen-bond donors (Lipinski definition) is 1. The van der Waals surface area contributed by atoms with Gasteiger partial charge in [0.05, 0.1) is 24.3 Å². The fourth-order valence-electron chi connectivity index (χ4n) is 4.56. The zero-order valence-corrected chi connectivity index (χ0v) is 21.9. The molecule has 1 aliphatic carbocycles. The van der Waals surface area contributed by atoms with Gasteiger partial charge >= 0.3 is 0 Å². The second kappa shape index (κ2) is 10.6. The van der Waals surface area contributed by atoms with Crippen LogP contribution in [0.25, 0.3) is 17.1 Å². The SMILES string of the molecule is CC(COc1cccnc1)n1cnnc1-c1cccc(NC(=O)C2=CC(n3cnc(C4CC4)c3)=CCN2C)c1. The molecule has 1 unspecified atom stereocenters. The quantitative estimate of drug-likeness (QED) is 0.348. The first-order chi connectivity index (χ1) is 19.0. The summed E-state index contributed by atoms with van der Waals surface area (Å²) >= 11 is 0. The first-order valence-corrected chi connectivity index (χ1v) is 13.1. The molecule has 1 atom stereocenters. The Balaban J connectivity index is 1.16. The van der Waals surface area contributed by atoms with Crippen LogP contribution in [0.3, 0.4) is 0 Å². The van der Waals surface area contributed by atoms with Crippen molar-refractivity contribution in [3.05, 3.63) is 91.2 Å². The van der Waals surface area contributed by atoms with E-state index in [1.54, 1.807) is 18.7 Å². The molecule has 39 heavy (non-hydrogen) atoms. The maximum absolute atomic E-state index is 13.3. The summed E-state index contributed by atoms with van der Waals surface area (Å²) in [6.07, 6.45) is 15.4. The molecule has 0 saturated heterocycles. The normalized spacial score (nSPS) is 15.9. The Labute approximate surface area is 226 Å². The molecule has 10 heteroatoms. The lowest BCUT2D eigenvalue weighted by Crippen LogP contribution is -2.30. The molecule has 1 saturated carbocycles. The van der Waals surface area contributed by atoms with Crippen molar-refractivity contribution >= 4 is 17.3 Å². The number of nitrogens with zero attached hydrogens (tertiary/aromatic N) is 7. The van der Waals surface area contributed by atoms with Crippen LogP contribution in [0.2, 0.25) is 0 Å². The molecule has 4 aromatic rings. The summed E-state index contributed by atoms with van der Waals surface area (Å²) < 4.78 is 9.84. The molecule has 2 aliphatic rings. The number of aromatic nitrogens is 6. The van der Waals surface area contributed by atoms with Gasteiger partial charge in [-0.25, -0.2) is 4.98 Å².